The number of hydrogen-bond acceptors (Lipinski definition) is 1. The lowest BCUT2D eigenvalue weighted by atomic mass is 10.2. The summed E-state index contributed by atoms with van der Waals surface area (Å²) in [6, 6.07) is 5.62. The first-order valence-corrected chi connectivity index (χ1v) is 4.91. The van der Waals surface area contributed by atoms with Gasteiger partial charge in [0.25, 0.3) is 0 Å². The zero-order valence-corrected chi connectivity index (χ0v) is 9.97. The van der Waals surface area contributed by atoms with Crippen molar-refractivity contribution in [1.82, 2.24) is 9.55 Å². The van der Waals surface area contributed by atoms with Crippen LogP contribution in [0.2, 0.25) is 10.0 Å². The number of benzene rings is 1. The van der Waals surface area contributed by atoms with E-state index in [1.165, 1.54) is 0 Å². The van der Waals surface area contributed by atoms with Crippen molar-refractivity contribution in [3.63, 3.8) is 0 Å². The third-order valence-electron chi connectivity index (χ3n) is 1.91. The topological polar surface area (TPSA) is 17.8 Å². The third kappa shape index (κ3) is 3.13. The second kappa shape index (κ2) is 5.40. The van der Waals surface area contributed by atoms with E-state index in [4.69, 9.17) is 23.2 Å². The molecule has 1 aromatic carbocycles. The quantitative estimate of drug-likeness (QED) is 0.758. The summed E-state index contributed by atoms with van der Waals surface area (Å²) in [6.45, 7) is 0.761. The first-order chi connectivity index (χ1) is 6.75. The highest BCUT2D eigenvalue weighted by Crippen LogP contribution is 2.22. The number of aromatic nitrogens is 2. The van der Waals surface area contributed by atoms with Crippen LogP contribution in [0.25, 0.3) is 0 Å². The Bertz CT molecular complexity index is 426. The van der Waals surface area contributed by atoms with Crippen LogP contribution in [0, 0.1) is 0 Å². The largest absolute Gasteiger partial charge is 1.00 e. The molecule has 0 aliphatic heterocycles. The minimum Gasteiger partial charge on any atom is -1.00 e. The van der Waals surface area contributed by atoms with Gasteiger partial charge in [0, 0.05) is 18.9 Å². The van der Waals surface area contributed by atoms with Crippen molar-refractivity contribution in [3.05, 3.63) is 52.5 Å². The summed E-state index contributed by atoms with van der Waals surface area (Å²) in [5.74, 6) is 0. The van der Waals surface area contributed by atoms with E-state index in [1.54, 1.807) is 18.6 Å². The van der Waals surface area contributed by atoms with Crippen molar-refractivity contribution in [2.45, 2.75) is 6.54 Å². The van der Waals surface area contributed by atoms with Crippen molar-refractivity contribution >= 4 is 23.2 Å². The third-order valence-corrected chi connectivity index (χ3v) is 2.65. The molecule has 0 atom stereocenters. The van der Waals surface area contributed by atoms with Crippen LogP contribution in [0.3, 0.4) is 0 Å². The normalized spacial score (nSPS) is 9.73. The van der Waals surface area contributed by atoms with E-state index in [9.17, 15) is 0 Å². The van der Waals surface area contributed by atoms with Crippen molar-refractivity contribution in [3.8, 4) is 0 Å². The SMILES string of the molecule is Clc1ccc(Cn2ccnc2)cc1Cl.[Cl-]. The van der Waals surface area contributed by atoms with E-state index in [2.05, 4.69) is 4.98 Å². The molecule has 0 saturated heterocycles. The van der Waals surface area contributed by atoms with Crippen LogP contribution in [-0.2, 0) is 6.54 Å². The Morgan fingerprint density at radius 2 is 2.00 bits per heavy atom. The van der Waals surface area contributed by atoms with Crippen LogP contribution in [0.15, 0.2) is 36.9 Å². The summed E-state index contributed by atoms with van der Waals surface area (Å²) in [5, 5.41) is 1.17. The highest BCUT2D eigenvalue weighted by molar-refractivity contribution is 6.42. The summed E-state index contributed by atoms with van der Waals surface area (Å²) in [6.07, 6.45) is 5.42. The maximum Gasteiger partial charge on any atom is 0.0949 e. The van der Waals surface area contributed by atoms with Gasteiger partial charge in [-0.3, -0.25) is 0 Å². The van der Waals surface area contributed by atoms with Gasteiger partial charge >= 0.3 is 0 Å². The average molecular weight is 263 g/mol. The minimum atomic E-state index is 0. The molecular formula is C10H8Cl3N2-. The maximum atomic E-state index is 5.90. The Balaban J connectivity index is 0.00000112. The fraction of sp³-hybridized carbons (Fsp3) is 0.100. The molecule has 5 heteroatoms. The second-order valence-corrected chi connectivity index (χ2v) is 3.80. The Hall–Kier alpha value is -0.700. The number of rotatable bonds is 2. The van der Waals surface area contributed by atoms with Gasteiger partial charge in [0.15, 0.2) is 0 Å². The van der Waals surface area contributed by atoms with Gasteiger partial charge in [-0.2, -0.15) is 0 Å². The van der Waals surface area contributed by atoms with Crippen LogP contribution in [-0.4, -0.2) is 9.55 Å². The zero-order valence-electron chi connectivity index (χ0n) is 7.70. The van der Waals surface area contributed by atoms with Crippen LogP contribution in [0.4, 0.5) is 0 Å². The van der Waals surface area contributed by atoms with E-state index < -0.39 is 0 Å². The molecule has 0 N–H and O–H groups in total. The van der Waals surface area contributed by atoms with E-state index >= 15 is 0 Å². The van der Waals surface area contributed by atoms with E-state index in [0.717, 1.165) is 12.1 Å². The van der Waals surface area contributed by atoms with Gasteiger partial charge in [0.05, 0.1) is 16.4 Å². The van der Waals surface area contributed by atoms with Gasteiger partial charge in [0.1, 0.15) is 0 Å². The Morgan fingerprint density at radius 3 is 2.60 bits per heavy atom. The molecule has 0 saturated carbocycles. The molecule has 2 rings (SSSR count). The van der Waals surface area contributed by atoms with Crippen LogP contribution >= 0.6 is 23.2 Å². The number of nitrogens with zero attached hydrogens (tertiary/aromatic N) is 2. The predicted molar refractivity (Wildman–Crippen MR) is 57.8 cm³/mol. The molecule has 0 unspecified atom stereocenters. The number of hydrogen-bond donors (Lipinski definition) is 0. The molecule has 80 valence electrons. The molecule has 0 spiro atoms. The van der Waals surface area contributed by atoms with Crippen molar-refractivity contribution < 1.29 is 12.4 Å². The van der Waals surface area contributed by atoms with Gasteiger partial charge in [-0.15, -0.1) is 0 Å². The molecular weight excluding hydrogens is 254 g/mol. The van der Waals surface area contributed by atoms with Crippen molar-refractivity contribution in [1.29, 1.82) is 0 Å². The Labute approximate surface area is 104 Å². The number of imidazole rings is 1. The van der Waals surface area contributed by atoms with Crippen LogP contribution in [0.5, 0.6) is 0 Å². The van der Waals surface area contributed by atoms with Crippen LogP contribution < -0.4 is 12.4 Å². The fourth-order valence-electron chi connectivity index (χ4n) is 1.23. The van der Waals surface area contributed by atoms with Gasteiger partial charge < -0.3 is 17.0 Å². The molecule has 0 bridgehead atoms. The Morgan fingerprint density at radius 1 is 1.20 bits per heavy atom. The molecule has 0 fully saturated rings. The van der Waals surface area contributed by atoms with E-state index in [1.807, 2.05) is 22.9 Å². The highest BCUT2D eigenvalue weighted by Gasteiger charge is 1.99. The molecule has 15 heavy (non-hydrogen) atoms. The van der Waals surface area contributed by atoms with Gasteiger partial charge in [-0.25, -0.2) is 4.98 Å². The monoisotopic (exact) mass is 261 g/mol. The zero-order chi connectivity index (χ0) is 9.97. The van der Waals surface area contributed by atoms with Gasteiger partial charge in [-0.1, -0.05) is 29.3 Å². The maximum absolute atomic E-state index is 5.90. The Kier molecular flexibility index (Phi) is 4.45. The molecule has 1 aromatic heterocycles. The second-order valence-electron chi connectivity index (χ2n) is 2.98. The van der Waals surface area contributed by atoms with Gasteiger partial charge in [0.2, 0.25) is 0 Å². The molecule has 2 aromatic rings. The molecule has 0 radical (unpaired) electrons. The van der Waals surface area contributed by atoms with E-state index in [0.29, 0.717) is 10.0 Å². The summed E-state index contributed by atoms with van der Waals surface area (Å²) in [4.78, 5) is 3.96. The predicted octanol–water partition coefficient (Wildman–Crippen LogP) is 0.242. The molecule has 1 heterocycles. The molecule has 2 nitrogen and oxygen atoms in total. The highest BCUT2D eigenvalue weighted by atomic mass is 35.5. The summed E-state index contributed by atoms with van der Waals surface area (Å²) in [7, 11) is 0. The average Bonchev–Trinajstić information content (AvgIpc) is 2.64. The minimum absolute atomic E-state index is 0. The first-order valence-electron chi connectivity index (χ1n) is 4.15. The summed E-state index contributed by atoms with van der Waals surface area (Å²) in [5.41, 5.74) is 1.11. The molecule has 0 aliphatic carbocycles. The van der Waals surface area contributed by atoms with E-state index in [-0.39, 0.29) is 12.4 Å². The van der Waals surface area contributed by atoms with Crippen molar-refractivity contribution in [2.75, 3.05) is 0 Å². The first kappa shape index (κ1) is 12.4. The van der Waals surface area contributed by atoms with Crippen molar-refractivity contribution in [2.24, 2.45) is 0 Å². The smallest absolute Gasteiger partial charge is 0.0949 e. The number of halogens is 3. The summed E-state index contributed by atoms with van der Waals surface area (Å²) >= 11 is 11.7. The fourth-order valence-corrected chi connectivity index (χ4v) is 1.55. The lowest BCUT2D eigenvalue weighted by Gasteiger charge is -2.03. The summed E-state index contributed by atoms with van der Waals surface area (Å²) < 4.78 is 1.97. The molecule has 0 amide bonds. The lowest BCUT2D eigenvalue weighted by molar-refractivity contribution is -0.00000271. The van der Waals surface area contributed by atoms with Crippen LogP contribution in [0.1, 0.15) is 5.56 Å². The standard InChI is InChI=1S/C10H8Cl2N2.ClH/c11-9-2-1-8(5-10(9)12)6-14-4-3-13-7-14;/h1-5,7H,6H2;1H/p-1. The van der Waals surface area contributed by atoms with Gasteiger partial charge in [-0.05, 0) is 17.7 Å². The lowest BCUT2D eigenvalue weighted by Crippen LogP contribution is -3.00. The molecule has 0 aliphatic rings.